The summed E-state index contributed by atoms with van der Waals surface area (Å²) >= 11 is 0. The zero-order valence-corrected chi connectivity index (χ0v) is 14.6. The molecule has 130 valence electrons. The molecule has 2 aromatic heterocycles. The third-order valence-corrected chi connectivity index (χ3v) is 4.66. The number of hydrogen-bond acceptors (Lipinski definition) is 4. The number of Topliss-reactive ketones (excluding diaryl/α,β-unsaturated/α-hetero) is 1. The number of rotatable bonds is 3. The van der Waals surface area contributed by atoms with Gasteiger partial charge in [0.2, 0.25) is 5.71 Å². The molecule has 2 heterocycles. The molecule has 0 saturated heterocycles. The summed E-state index contributed by atoms with van der Waals surface area (Å²) in [6.45, 7) is 1.55. The van der Waals surface area contributed by atoms with E-state index in [1.165, 1.54) is 0 Å². The molecule has 0 unspecified atom stereocenters. The molecule has 5 rings (SSSR count). The third-order valence-electron chi connectivity index (χ3n) is 4.66. The topological polar surface area (TPSA) is 52.3 Å². The van der Waals surface area contributed by atoms with E-state index in [1.807, 2.05) is 48.5 Å². The summed E-state index contributed by atoms with van der Waals surface area (Å²) in [5, 5.41) is 2.72. The van der Waals surface area contributed by atoms with Gasteiger partial charge < -0.3 is 9.15 Å². The Labute approximate surface area is 155 Å². The van der Waals surface area contributed by atoms with Crippen molar-refractivity contribution in [1.29, 1.82) is 0 Å². The van der Waals surface area contributed by atoms with E-state index in [9.17, 15) is 4.79 Å². The minimum Gasteiger partial charge on any atom is -0.456 e. The molecular weight excluding hydrogens is 338 g/mol. The van der Waals surface area contributed by atoms with Gasteiger partial charge in [-0.3, -0.25) is 4.79 Å². The molecule has 4 nitrogen and oxygen atoms in total. The van der Waals surface area contributed by atoms with Crippen molar-refractivity contribution in [3.8, 4) is 11.5 Å². The molecule has 0 N–H and O–H groups in total. The molecule has 3 aromatic carbocycles. The first-order valence-corrected chi connectivity index (χ1v) is 8.69. The van der Waals surface area contributed by atoms with Crippen molar-refractivity contribution in [2.45, 2.75) is 6.92 Å². The Balaban J connectivity index is 1.78. The van der Waals surface area contributed by atoms with E-state index in [1.54, 1.807) is 31.2 Å². The number of carbonyl (C=O) groups excluding carboxylic acids is 1. The standard InChI is InChI=1S/C23H15NO3/c1-14(25)15-10-12-16(13-11-15)26-22-17-6-2-4-8-19(17)24-23-21(22)18-7-3-5-9-20(18)27-23/h2-13H,1H3. The van der Waals surface area contributed by atoms with Crippen LogP contribution in [0.15, 0.2) is 77.2 Å². The van der Waals surface area contributed by atoms with Crippen LogP contribution in [0.1, 0.15) is 17.3 Å². The van der Waals surface area contributed by atoms with Gasteiger partial charge in [0.15, 0.2) is 5.78 Å². The zero-order valence-electron chi connectivity index (χ0n) is 14.6. The molecule has 0 saturated carbocycles. The van der Waals surface area contributed by atoms with E-state index < -0.39 is 0 Å². The van der Waals surface area contributed by atoms with Crippen LogP contribution in [0.5, 0.6) is 11.5 Å². The Hall–Kier alpha value is -3.66. The lowest BCUT2D eigenvalue weighted by molar-refractivity contribution is 0.101. The minimum atomic E-state index is 0.0270. The molecule has 0 aliphatic rings. The van der Waals surface area contributed by atoms with Crippen LogP contribution in [0, 0.1) is 0 Å². The van der Waals surface area contributed by atoms with Crippen LogP contribution in [0.25, 0.3) is 33.0 Å². The Kier molecular flexibility index (Phi) is 3.44. The van der Waals surface area contributed by atoms with E-state index in [4.69, 9.17) is 9.15 Å². The maximum absolute atomic E-state index is 11.5. The molecule has 0 fully saturated rings. The Morgan fingerprint density at radius 1 is 0.889 bits per heavy atom. The number of pyridine rings is 1. The Morgan fingerprint density at radius 2 is 1.59 bits per heavy atom. The number of fused-ring (bicyclic) bond motifs is 4. The third kappa shape index (κ3) is 2.54. The Morgan fingerprint density at radius 3 is 2.37 bits per heavy atom. The largest absolute Gasteiger partial charge is 0.456 e. The zero-order chi connectivity index (χ0) is 18.4. The van der Waals surface area contributed by atoms with Crippen LogP contribution in [0.4, 0.5) is 0 Å². The fourth-order valence-electron chi connectivity index (χ4n) is 3.32. The van der Waals surface area contributed by atoms with Gasteiger partial charge in [-0.2, -0.15) is 0 Å². The second kappa shape index (κ2) is 5.95. The highest BCUT2D eigenvalue weighted by Crippen LogP contribution is 2.41. The van der Waals surface area contributed by atoms with Crippen molar-refractivity contribution < 1.29 is 13.9 Å². The summed E-state index contributed by atoms with van der Waals surface area (Å²) in [7, 11) is 0. The van der Waals surface area contributed by atoms with Gasteiger partial charge in [0.05, 0.1) is 10.9 Å². The van der Waals surface area contributed by atoms with Crippen LogP contribution in [-0.2, 0) is 0 Å². The van der Waals surface area contributed by atoms with Gasteiger partial charge in [-0.05, 0) is 49.4 Å². The van der Waals surface area contributed by atoms with Gasteiger partial charge in [0.25, 0.3) is 0 Å². The smallest absolute Gasteiger partial charge is 0.231 e. The average Bonchev–Trinajstić information content (AvgIpc) is 3.06. The first-order chi connectivity index (χ1) is 13.2. The van der Waals surface area contributed by atoms with Crippen molar-refractivity contribution in [3.63, 3.8) is 0 Å². The van der Waals surface area contributed by atoms with Crippen molar-refractivity contribution >= 4 is 38.8 Å². The van der Waals surface area contributed by atoms with Crippen LogP contribution < -0.4 is 4.74 Å². The number of hydrogen-bond donors (Lipinski definition) is 0. The van der Waals surface area contributed by atoms with Gasteiger partial charge in [0, 0.05) is 16.3 Å². The lowest BCUT2D eigenvalue weighted by Gasteiger charge is -2.10. The molecule has 4 heteroatoms. The van der Waals surface area contributed by atoms with E-state index in [0.29, 0.717) is 22.8 Å². The van der Waals surface area contributed by atoms with E-state index in [0.717, 1.165) is 27.3 Å². The first kappa shape index (κ1) is 15.6. The summed E-state index contributed by atoms with van der Waals surface area (Å²) < 4.78 is 12.2. The molecule has 27 heavy (non-hydrogen) atoms. The predicted octanol–water partition coefficient (Wildman–Crippen LogP) is 6.13. The maximum Gasteiger partial charge on any atom is 0.231 e. The normalized spacial score (nSPS) is 11.3. The number of carbonyl (C=O) groups is 1. The van der Waals surface area contributed by atoms with Crippen LogP contribution in [0.2, 0.25) is 0 Å². The van der Waals surface area contributed by atoms with Crippen molar-refractivity contribution in [1.82, 2.24) is 4.98 Å². The van der Waals surface area contributed by atoms with Gasteiger partial charge in [0.1, 0.15) is 17.1 Å². The highest BCUT2D eigenvalue weighted by atomic mass is 16.5. The summed E-state index contributed by atoms with van der Waals surface area (Å²) in [6.07, 6.45) is 0. The van der Waals surface area contributed by atoms with Crippen molar-refractivity contribution in [2.75, 3.05) is 0 Å². The monoisotopic (exact) mass is 353 g/mol. The molecule has 0 aliphatic carbocycles. The van der Waals surface area contributed by atoms with E-state index in [-0.39, 0.29) is 5.78 Å². The molecular formula is C23H15NO3. The molecule has 0 radical (unpaired) electrons. The van der Waals surface area contributed by atoms with Crippen LogP contribution >= 0.6 is 0 Å². The number of furan rings is 1. The molecule has 0 atom stereocenters. The van der Waals surface area contributed by atoms with Gasteiger partial charge in [-0.25, -0.2) is 4.98 Å². The number of ether oxygens (including phenoxy) is 1. The number of benzene rings is 3. The molecule has 0 amide bonds. The average molecular weight is 353 g/mol. The lowest BCUT2D eigenvalue weighted by Crippen LogP contribution is -1.93. The summed E-state index contributed by atoms with van der Waals surface area (Å²) in [5.74, 6) is 1.39. The maximum atomic E-state index is 11.5. The fraction of sp³-hybridized carbons (Fsp3) is 0.0435. The molecule has 0 bridgehead atoms. The summed E-state index contributed by atoms with van der Waals surface area (Å²) in [4.78, 5) is 16.2. The van der Waals surface area contributed by atoms with E-state index in [2.05, 4.69) is 4.98 Å². The molecule has 0 spiro atoms. The second-order valence-electron chi connectivity index (χ2n) is 6.42. The van der Waals surface area contributed by atoms with Crippen molar-refractivity contribution in [3.05, 3.63) is 78.4 Å². The summed E-state index contributed by atoms with van der Waals surface area (Å²) in [6, 6.07) is 22.8. The number of para-hydroxylation sites is 2. The Bertz CT molecular complexity index is 1320. The number of nitrogens with zero attached hydrogens (tertiary/aromatic N) is 1. The van der Waals surface area contributed by atoms with Gasteiger partial charge in [-0.15, -0.1) is 0 Å². The van der Waals surface area contributed by atoms with Crippen LogP contribution in [-0.4, -0.2) is 10.8 Å². The van der Waals surface area contributed by atoms with E-state index >= 15 is 0 Å². The lowest BCUT2D eigenvalue weighted by atomic mass is 10.1. The van der Waals surface area contributed by atoms with Crippen molar-refractivity contribution in [2.24, 2.45) is 0 Å². The fourth-order valence-corrected chi connectivity index (χ4v) is 3.32. The first-order valence-electron chi connectivity index (χ1n) is 8.69. The molecule has 0 aliphatic heterocycles. The SMILES string of the molecule is CC(=O)c1ccc(Oc2c3ccccc3nc3oc4ccccc4c23)cc1. The van der Waals surface area contributed by atoms with Crippen LogP contribution in [0.3, 0.4) is 0 Å². The van der Waals surface area contributed by atoms with Gasteiger partial charge in [-0.1, -0.05) is 30.3 Å². The highest BCUT2D eigenvalue weighted by molar-refractivity contribution is 6.12. The quantitative estimate of drug-likeness (QED) is 0.366. The molecule has 5 aromatic rings. The summed E-state index contributed by atoms with van der Waals surface area (Å²) in [5.41, 5.74) is 2.78. The number of ketones is 1. The van der Waals surface area contributed by atoms with Gasteiger partial charge >= 0.3 is 0 Å². The second-order valence-corrected chi connectivity index (χ2v) is 6.42. The highest BCUT2D eigenvalue weighted by Gasteiger charge is 2.18. The number of aromatic nitrogens is 1. The minimum absolute atomic E-state index is 0.0270. The predicted molar refractivity (Wildman–Crippen MR) is 106 cm³/mol.